The third kappa shape index (κ3) is 4.00. The first kappa shape index (κ1) is 15.8. The Morgan fingerprint density at radius 1 is 1.21 bits per heavy atom. The molecule has 124 valence electrons. The van der Waals surface area contributed by atoms with Crippen molar-refractivity contribution in [3.05, 3.63) is 54.1 Å². The van der Waals surface area contributed by atoms with Crippen LogP contribution in [0.1, 0.15) is 11.3 Å². The fourth-order valence-corrected chi connectivity index (χ4v) is 1.89. The molecule has 2 aromatic heterocycles. The van der Waals surface area contributed by atoms with E-state index >= 15 is 0 Å². The molecular formula is C15H13F2N5O2. The van der Waals surface area contributed by atoms with E-state index in [2.05, 4.69) is 25.0 Å². The predicted molar refractivity (Wildman–Crippen MR) is 79.1 cm³/mol. The molecule has 0 aliphatic heterocycles. The molecule has 3 rings (SSSR count). The van der Waals surface area contributed by atoms with Crippen LogP contribution < -0.4 is 9.47 Å². The van der Waals surface area contributed by atoms with E-state index in [-0.39, 0.29) is 18.4 Å². The van der Waals surface area contributed by atoms with Crippen LogP contribution in [0.3, 0.4) is 0 Å². The molecule has 0 saturated heterocycles. The second-order valence-corrected chi connectivity index (χ2v) is 4.86. The first-order chi connectivity index (χ1) is 11.6. The smallest absolute Gasteiger partial charge is 0.387 e. The molecule has 0 amide bonds. The van der Waals surface area contributed by atoms with Crippen LogP contribution in [0.25, 0.3) is 5.69 Å². The van der Waals surface area contributed by atoms with Crippen LogP contribution in [0.2, 0.25) is 0 Å². The summed E-state index contributed by atoms with van der Waals surface area (Å²) in [6.07, 6.45) is 4.91. The average Bonchev–Trinajstić information content (AvgIpc) is 3.03. The fraction of sp³-hybridized carbons (Fsp3) is 0.200. The summed E-state index contributed by atoms with van der Waals surface area (Å²) in [5, 5.41) is 7.90. The molecule has 0 fully saturated rings. The Balaban J connectivity index is 1.67. The van der Waals surface area contributed by atoms with Crippen molar-refractivity contribution in [3.63, 3.8) is 0 Å². The average molecular weight is 333 g/mol. The van der Waals surface area contributed by atoms with E-state index in [0.717, 1.165) is 5.56 Å². The van der Waals surface area contributed by atoms with Gasteiger partial charge in [-0.05, 0) is 24.6 Å². The zero-order valence-electron chi connectivity index (χ0n) is 12.6. The normalized spacial score (nSPS) is 10.8. The van der Waals surface area contributed by atoms with Crippen LogP contribution in [0.15, 0.2) is 42.9 Å². The lowest BCUT2D eigenvalue weighted by Crippen LogP contribution is -2.03. The SMILES string of the molecule is Cc1cnc(OCc2cn(-c3cccc(OC(F)F)c3)nn2)nc1. The number of benzene rings is 1. The number of halogens is 2. The van der Waals surface area contributed by atoms with Gasteiger partial charge < -0.3 is 9.47 Å². The monoisotopic (exact) mass is 333 g/mol. The third-order valence-electron chi connectivity index (χ3n) is 2.95. The van der Waals surface area contributed by atoms with E-state index < -0.39 is 6.61 Å². The summed E-state index contributed by atoms with van der Waals surface area (Å²) in [7, 11) is 0. The molecule has 0 radical (unpaired) electrons. The Kier molecular flexibility index (Phi) is 4.59. The van der Waals surface area contributed by atoms with Crippen molar-refractivity contribution in [1.82, 2.24) is 25.0 Å². The van der Waals surface area contributed by atoms with Gasteiger partial charge in [-0.1, -0.05) is 11.3 Å². The van der Waals surface area contributed by atoms with Gasteiger partial charge in [0.25, 0.3) is 0 Å². The van der Waals surface area contributed by atoms with Crippen molar-refractivity contribution in [3.8, 4) is 17.4 Å². The number of nitrogens with zero attached hydrogens (tertiary/aromatic N) is 5. The highest BCUT2D eigenvalue weighted by Gasteiger charge is 2.08. The summed E-state index contributed by atoms with van der Waals surface area (Å²) < 4.78 is 35.7. The lowest BCUT2D eigenvalue weighted by molar-refractivity contribution is -0.0498. The van der Waals surface area contributed by atoms with Gasteiger partial charge in [-0.25, -0.2) is 14.6 Å². The van der Waals surface area contributed by atoms with Crippen molar-refractivity contribution < 1.29 is 18.3 Å². The first-order valence-corrected chi connectivity index (χ1v) is 6.98. The van der Waals surface area contributed by atoms with E-state index in [1.807, 2.05) is 6.92 Å². The van der Waals surface area contributed by atoms with Crippen LogP contribution in [0, 0.1) is 6.92 Å². The van der Waals surface area contributed by atoms with Gasteiger partial charge in [0, 0.05) is 18.5 Å². The van der Waals surface area contributed by atoms with Crippen LogP contribution >= 0.6 is 0 Å². The minimum absolute atomic E-state index is 0.0452. The van der Waals surface area contributed by atoms with Gasteiger partial charge in [-0.3, -0.25) is 0 Å². The maximum absolute atomic E-state index is 12.3. The molecule has 7 nitrogen and oxygen atoms in total. The van der Waals surface area contributed by atoms with Crippen LogP contribution in [0.4, 0.5) is 8.78 Å². The van der Waals surface area contributed by atoms with Crippen molar-refractivity contribution in [1.29, 1.82) is 0 Å². The summed E-state index contributed by atoms with van der Waals surface area (Å²) in [6.45, 7) is -0.869. The van der Waals surface area contributed by atoms with Crippen molar-refractivity contribution >= 4 is 0 Å². The van der Waals surface area contributed by atoms with E-state index in [9.17, 15) is 8.78 Å². The molecule has 3 aromatic rings. The summed E-state index contributed by atoms with van der Waals surface area (Å²) in [5.41, 5.74) is 2.01. The highest BCUT2D eigenvalue weighted by Crippen LogP contribution is 2.18. The van der Waals surface area contributed by atoms with Crippen LogP contribution in [-0.4, -0.2) is 31.6 Å². The second kappa shape index (κ2) is 6.99. The summed E-state index contributed by atoms with van der Waals surface area (Å²) in [4.78, 5) is 8.04. The quantitative estimate of drug-likeness (QED) is 0.690. The third-order valence-corrected chi connectivity index (χ3v) is 2.95. The minimum atomic E-state index is -2.88. The van der Waals surface area contributed by atoms with Gasteiger partial charge in [0.05, 0.1) is 11.9 Å². The summed E-state index contributed by atoms with van der Waals surface area (Å²) in [6, 6.07) is 6.40. The van der Waals surface area contributed by atoms with Crippen molar-refractivity contribution in [2.24, 2.45) is 0 Å². The van der Waals surface area contributed by atoms with E-state index in [4.69, 9.17) is 4.74 Å². The standard InChI is InChI=1S/C15H13F2N5O2/c1-10-6-18-15(19-7-10)23-9-11-8-22(21-20-11)12-3-2-4-13(5-12)24-14(16)17/h2-8,14H,9H2,1H3. The number of rotatable bonds is 6. The summed E-state index contributed by atoms with van der Waals surface area (Å²) in [5.74, 6) is 0.0452. The number of alkyl halides is 2. The molecule has 0 atom stereocenters. The topological polar surface area (TPSA) is 75.0 Å². The fourth-order valence-electron chi connectivity index (χ4n) is 1.89. The van der Waals surface area contributed by atoms with Gasteiger partial charge in [0.2, 0.25) is 0 Å². The van der Waals surface area contributed by atoms with E-state index in [0.29, 0.717) is 11.4 Å². The summed E-state index contributed by atoms with van der Waals surface area (Å²) >= 11 is 0. The predicted octanol–water partition coefficient (Wildman–Crippen LogP) is 2.55. The Morgan fingerprint density at radius 2 is 2.00 bits per heavy atom. The molecule has 2 heterocycles. The number of ether oxygens (including phenoxy) is 2. The largest absolute Gasteiger partial charge is 0.457 e. The van der Waals surface area contributed by atoms with Gasteiger partial charge >= 0.3 is 12.6 Å². The second-order valence-electron chi connectivity index (χ2n) is 4.86. The van der Waals surface area contributed by atoms with Gasteiger partial charge in [0.15, 0.2) is 0 Å². The molecule has 0 N–H and O–H groups in total. The number of hydrogen-bond donors (Lipinski definition) is 0. The molecule has 0 spiro atoms. The molecule has 9 heteroatoms. The highest BCUT2D eigenvalue weighted by molar-refractivity contribution is 5.38. The first-order valence-electron chi connectivity index (χ1n) is 6.98. The van der Waals surface area contributed by atoms with Gasteiger partial charge in [-0.15, -0.1) is 5.10 Å². The van der Waals surface area contributed by atoms with E-state index in [1.54, 1.807) is 30.7 Å². The maximum Gasteiger partial charge on any atom is 0.387 e. The Bertz CT molecular complexity index is 808. The van der Waals surface area contributed by atoms with Crippen LogP contribution in [-0.2, 0) is 6.61 Å². The van der Waals surface area contributed by atoms with Crippen molar-refractivity contribution in [2.75, 3.05) is 0 Å². The number of aromatic nitrogens is 5. The lowest BCUT2D eigenvalue weighted by Gasteiger charge is -2.06. The zero-order chi connectivity index (χ0) is 16.9. The zero-order valence-corrected chi connectivity index (χ0v) is 12.6. The molecule has 0 saturated carbocycles. The van der Waals surface area contributed by atoms with Crippen LogP contribution in [0.5, 0.6) is 11.8 Å². The molecular weight excluding hydrogens is 320 g/mol. The molecule has 0 bridgehead atoms. The maximum atomic E-state index is 12.3. The number of hydrogen-bond acceptors (Lipinski definition) is 6. The molecule has 0 unspecified atom stereocenters. The molecule has 0 aliphatic rings. The van der Waals surface area contributed by atoms with Gasteiger partial charge in [0.1, 0.15) is 18.1 Å². The molecule has 1 aromatic carbocycles. The van der Waals surface area contributed by atoms with Gasteiger partial charge in [-0.2, -0.15) is 8.78 Å². The Labute approximate surface area is 135 Å². The Morgan fingerprint density at radius 3 is 2.75 bits per heavy atom. The molecule has 24 heavy (non-hydrogen) atoms. The molecule has 0 aliphatic carbocycles. The highest BCUT2D eigenvalue weighted by atomic mass is 19.3. The Hall–Kier alpha value is -3.10. The van der Waals surface area contributed by atoms with E-state index in [1.165, 1.54) is 16.8 Å². The lowest BCUT2D eigenvalue weighted by atomic mass is 10.3. The minimum Gasteiger partial charge on any atom is -0.457 e. The number of aryl methyl sites for hydroxylation is 1. The van der Waals surface area contributed by atoms with Crippen molar-refractivity contribution in [2.45, 2.75) is 20.1 Å².